The van der Waals surface area contributed by atoms with E-state index < -0.39 is 24.0 Å². The van der Waals surface area contributed by atoms with Gasteiger partial charge in [-0.05, 0) is 52.8 Å². The van der Waals surface area contributed by atoms with Gasteiger partial charge in [0.25, 0.3) is 11.5 Å². The molecule has 1 unspecified atom stereocenters. The van der Waals surface area contributed by atoms with Gasteiger partial charge in [0, 0.05) is 12.6 Å². The van der Waals surface area contributed by atoms with Crippen LogP contribution in [0.25, 0.3) is 11.0 Å². The molecule has 0 saturated carbocycles. The minimum Gasteiger partial charge on any atom is -0.449 e. The molecule has 2 aromatic rings. The van der Waals surface area contributed by atoms with E-state index in [9.17, 15) is 19.2 Å². The van der Waals surface area contributed by atoms with Gasteiger partial charge in [0.05, 0.1) is 16.6 Å². The van der Waals surface area contributed by atoms with Crippen molar-refractivity contribution in [1.82, 2.24) is 20.2 Å². The standard InChI is InChI=1S/C19H24N4O5/c1-6-23-15-8-7-13(9-14(15)21-11(4)17(23)25)18(26)28-12(5)16(24)22-19(27)20-10(2)3/h7-10,12H,6H2,1-5H3,(H2,20,22,24,27). The average molecular weight is 388 g/mol. The van der Waals surface area contributed by atoms with Crippen LogP contribution in [0, 0.1) is 6.92 Å². The van der Waals surface area contributed by atoms with Gasteiger partial charge in [-0.15, -0.1) is 0 Å². The van der Waals surface area contributed by atoms with Gasteiger partial charge in [0.1, 0.15) is 5.69 Å². The van der Waals surface area contributed by atoms with E-state index in [1.165, 1.54) is 19.1 Å². The third-order valence-corrected chi connectivity index (χ3v) is 3.97. The van der Waals surface area contributed by atoms with E-state index in [1.807, 2.05) is 6.92 Å². The van der Waals surface area contributed by atoms with Crippen molar-refractivity contribution in [2.45, 2.75) is 53.3 Å². The number of aryl methyl sites for hydroxylation is 2. The van der Waals surface area contributed by atoms with Crippen LogP contribution in [0.5, 0.6) is 0 Å². The van der Waals surface area contributed by atoms with Gasteiger partial charge >= 0.3 is 12.0 Å². The lowest BCUT2D eigenvalue weighted by Gasteiger charge is -2.15. The van der Waals surface area contributed by atoms with Crippen molar-refractivity contribution in [1.29, 1.82) is 0 Å². The molecular formula is C19H24N4O5. The molecule has 2 rings (SSSR count). The first kappa shape index (κ1) is 21.1. The molecule has 28 heavy (non-hydrogen) atoms. The van der Waals surface area contributed by atoms with Gasteiger partial charge in [-0.25, -0.2) is 14.6 Å². The number of fused-ring (bicyclic) bond motifs is 1. The van der Waals surface area contributed by atoms with Crippen LogP contribution in [0.3, 0.4) is 0 Å². The van der Waals surface area contributed by atoms with E-state index in [-0.39, 0.29) is 17.2 Å². The number of imide groups is 1. The van der Waals surface area contributed by atoms with Crippen molar-refractivity contribution < 1.29 is 19.1 Å². The molecule has 9 heteroatoms. The highest BCUT2D eigenvalue weighted by Crippen LogP contribution is 2.15. The molecule has 0 aliphatic rings. The maximum Gasteiger partial charge on any atom is 0.338 e. The van der Waals surface area contributed by atoms with E-state index >= 15 is 0 Å². The molecule has 9 nitrogen and oxygen atoms in total. The zero-order valence-electron chi connectivity index (χ0n) is 16.5. The van der Waals surface area contributed by atoms with Gasteiger partial charge in [0.15, 0.2) is 6.10 Å². The second-order valence-corrected chi connectivity index (χ2v) is 6.62. The minimum absolute atomic E-state index is 0.139. The zero-order chi connectivity index (χ0) is 21.0. The molecule has 1 atom stereocenters. The summed E-state index contributed by atoms with van der Waals surface area (Å²) in [7, 11) is 0. The third kappa shape index (κ3) is 4.73. The van der Waals surface area contributed by atoms with Crippen LogP contribution in [0.1, 0.15) is 43.7 Å². The monoisotopic (exact) mass is 388 g/mol. The van der Waals surface area contributed by atoms with E-state index in [0.717, 1.165) is 0 Å². The Morgan fingerprint density at radius 1 is 1.21 bits per heavy atom. The molecule has 1 aromatic heterocycles. The first-order valence-corrected chi connectivity index (χ1v) is 8.97. The van der Waals surface area contributed by atoms with Crippen molar-refractivity contribution in [3.63, 3.8) is 0 Å². The summed E-state index contributed by atoms with van der Waals surface area (Å²) in [5.41, 5.74) is 1.40. The second-order valence-electron chi connectivity index (χ2n) is 6.62. The molecule has 0 aliphatic heterocycles. The summed E-state index contributed by atoms with van der Waals surface area (Å²) >= 11 is 0. The smallest absolute Gasteiger partial charge is 0.338 e. The summed E-state index contributed by atoms with van der Waals surface area (Å²) in [5.74, 6) is -1.47. The number of rotatable bonds is 5. The summed E-state index contributed by atoms with van der Waals surface area (Å²) in [6, 6.07) is 3.82. The zero-order valence-corrected chi connectivity index (χ0v) is 16.5. The number of benzene rings is 1. The van der Waals surface area contributed by atoms with E-state index in [0.29, 0.717) is 23.3 Å². The van der Waals surface area contributed by atoms with Crippen molar-refractivity contribution >= 4 is 28.9 Å². The Labute approximate surface area is 162 Å². The van der Waals surface area contributed by atoms with E-state index in [1.54, 1.807) is 31.4 Å². The number of nitrogens with zero attached hydrogens (tertiary/aromatic N) is 2. The first-order valence-electron chi connectivity index (χ1n) is 8.97. The average Bonchev–Trinajstić information content (AvgIpc) is 2.61. The van der Waals surface area contributed by atoms with Crippen LogP contribution in [-0.4, -0.2) is 39.6 Å². The number of urea groups is 1. The van der Waals surface area contributed by atoms with Gasteiger partial charge in [-0.2, -0.15) is 0 Å². The number of hydrogen-bond acceptors (Lipinski definition) is 6. The SMILES string of the molecule is CCn1c(=O)c(C)nc2cc(C(=O)OC(C)C(=O)NC(=O)NC(C)C)ccc21. The van der Waals surface area contributed by atoms with Crippen molar-refractivity contribution in [2.75, 3.05) is 0 Å². The quantitative estimate of drug-likeness (QED) is 0.749. The maximum atomic E-state index is 12.4. The molecule has 0 radical (unpaired) electrons. The summed E-state index contributed by atoms with van der Waals surface area (Å²) in [4.78, 5) is 52.3. The number of carbonyl (C=O) groups excluding carboxylic acids is 3. The molecule has 1 heterocycles. The largest absolute Gasteiger partial charge is 0.449 e. The highest BCUT2D eigenvalue weighted by molar-refractivity contribution is 5.99. The molecular weight excluding hydrogens is 364 g/mol. The Bertz CT molecular complexity index is 980. The normalized spacial score (nSPS) is 11.9. The molecule has 1 aromatic carbocycles. The summed E-state index contributed by atoms with van der Waals surface area (Å²) < 4.78 is 6.70. The summed E-state index contributed by atoms with van der Waals surface area (Å²) in [6.07, 6.45) is -1.17. The fourth-order valence-corrected chi connectivity index (χ4v) is 2.61. The van der Waals surface area contributed by atoms with Crippen LogP contribution in [-0.2, 0) is 16.1 Å². The van der Waals surface area contributed by atoms with E-state index in [4.69, 9.17) is 4.74 Å². The van der Waals surface area contributed by atoms with E-state index in [2.05, 4.69) is 15.6 Å². The Kier molecular flexibility index (Phi) is 6.50. The molecule has 150 valence electrons. The Morgan fingerprint density at radius 2 is 1.89 bits per heavy atom. The Hall–Kier alpha value is -3.23. The highest BCUT2D eigenvalue weighted by Gasteiger charge is 2.21. The molecule has 0 aliphatic carbocycles. The molecule has 3 amide bonds. The fourth-order valence-electron chi connectivity index (χ4n) is 2.61. The number of hydrogen-bond donors (Lipinski definition) is 2. The van der Waals surface area contributed by atoms with Gasteiger partial charge in [-0.3, -0.25) is 14.9 Å². The number of aromatic nitrogens is 2. The Balaban J connectivity index is 2.17. The van der Waals surface area contributed by atoms with Gasteiger partial charge in [-0.1, -0.05) is 0 Å². The predicted octanol–water partition coefficient (Wildman–Crippen LogP) is 1.50. The van der Waals surface area contributed by atoms with Crippen molar-refractivity contribution in [2.24, 2.45) is 0 Å². The number of carbonyl (C=O) groups is 3. The number of amides is 3. The van der Waals surface area contributed by atoms with Crippen LogP contribution in [0.2, 0.25) is 0 Å². The summed E-state index contributed by atoms with van der Waals surface area (Å²) in [6.45, 7) is 8.79. The van der Waals surface area contributed by atoms with Crippen LogP contribution >= 0.6 is 0 Å². The molecule has 0 spiro atoms. The number of esters is 1. The fraction of sp³-hybridized carbons (Fsp3) is 0.421. The van der Waals surface area contributed by atoms with Crippen molar-refractivity contribution in [3.8, 4) is 0 Å². The molecule has 2 N–H and O–H groups in total. The molecule has 0 fully saturated rings. The minimum atomic E-state index is -1.17. The lowest BCUT2D eigenvalue weighted by atomic mass is 10.2. The second kappa shape index (κ2) is 8.64. The topological polar surface area (TPSA) is 119 Å². The molecule has 0 bridgehead atoms. The third-order valence-electron chi connectivity index (χ3n) is 3.97. The van der Waals surface area contributed by atoms with Crippen LogP contribution in [0.4, 0.5) is 4.79 Å². The number of ether oxygens (including phenoxy) is 1. The Morgan fingerprint density at radius 3 is 2.50 bits per heavy atom. The first-order chi connectivity index (χ1) is 13.1. The van der Waals surface area contributed by atoms with Gasteiger partial charge in [0.2, 0.25) is 0 Å². The van der Waals surface area contributed by atoms with Crippen LogP contribution in [0.15, 0.2) is 23.0 Å². The van der Waals surface area contributed by atoms with Crippen molar-refractivity contribution in [3.05, 3.63) is 39.8 Å². The lowest BCUT2D eigenvalue weighted by molar-refractivity contribution is -0.127. The molecule has 0 saturated heterocycles. The predicted molar refractivity (Wildman–Crippen MR) is 103 cm³/mol. The lowest BCUT2D eigenvalue weighted by Crippen LogP contribution is -2.46. The number of nitrogens with one attached hydrogen (secondary N) is 2. The maximum absolute atomic E-state index is 12.4. The highest BCUT2D eigenvalue weighted by atomic mass is 16.5. The van der Waals surface area contributed by atoms with Crippen LogP contribution < -0.4 is 16.2 Å². The summed E-state index contributed by atoms with van der Waals surface area (Å²) in [5, 5.41) is 4.62. The van der Waals surface area contributed by atoms with Gasteiger partial charge < -0.3 is 14.6 Å².